The lowest BCUT2D eigenvalue weighted by atomic mass is 10.1. The molecule has 1 N–H and O–H groups in total. The largest absolute Gasteiger partial charge is 0.494 e. The van der Waals surface area contributed by atoms with Crippen LogP contribution >= 0.6 is 11.3 Å². The van der Waals surface area contributed by atoms with E-state index in [0.29, 0.717) is 11.6 Å². The Morgan fingerprint density at radius 1 is 1.22 bits per heavy atom. The van der Waals surface area contributed by atoms with Gasteiger partial charge in [0.15, 0.2) is 10.7 Å². The molecular weight excluding hydrogens is 356 g/mol. The van der Waals surface area contributed by atoms with Gasteiger partial charge in [-0.2, -0.15) is 10.4 Å². The first-order valence-corrected chi connectivity index (χ1v) is 9.49. The third-order valence-electron chi connectivity index (χ3n) is 4.17. The molecule has 27 heavy (non-hydrogen) atoms. The van der Waals surface area contributed by atoms with Crippen LogP contribution in [0, 0.1) is 25.2 Å². The maximum atomic E-state index is 9.49. The van der Waals surface area contributed by atoms with Crippen molar-refractivity contribution in [2.45, 2.75) is 20.8 Å². The summed E-state index contributed by atoms with van der Waals surface area (Å²) < 4.78 is 5.46. The van der Waals surface area contributed by atoms with E-state index >= 15 is 0 Å². The minimum Gasteiger partial charge on any atom is -0.494 e. The molecule has 6 heteroatoms. The normalized spacial score (nSPS) is 11.1. The van der Waals surface area contributed by atoms with Gasteiger partial charge >= 0.3 is 0 Å². The quantitative estimate of drug-likeness (QED) is 0.476. The Hall–Kier alpha value is -3.17. The van der Waals surface area contributed by atoms with E-state index in [9.17, 15) is 5.26 Å². The van der Waals surface area contributed by atoms with Crippen LogP contribution in [0.2, 0.25) is 0 Å². The summed E-state index contributed by atoms with van der Waals surface area (Å²) in [5.74, 6) is 0.828. The zero-order chi connectivity index (χ0) is 19.2. The minimum atomic E-state index is 0.262. The van der Waals surface area contributed by atoms with Crippen molar-refractivity contribution in [3.05, 3.63) is 64.0 Å². The van der Waals surface area contributed by atoms with Gasteiger partial charge in [0.25, 0.3) is 0 Å². The molecule has 0 aliphatic heterocycles. The molecule has 0 saturated heterocycles. The summed E-state index contributed by atoms with van der Waals surface area (Å²) in [6, 6.07) is 15.8. The van der Waals surface area contributed by atoms with Crippen molar-refractivity contribution in [1.82, 2.24) is 4.98 Å². The van der Waals surface area contributed by atoms with E-state index in [1.807, 2.05) is 68.6 Å². The number of nitriles is 1. The van der Waals surface area contributed by atoms with Crippen LogP contribution in [0.1, 0.15) is 23.1 Å². The number of rotatable bonds is 6. The molecule has 0 spiro atoms. The number of hydrogen-bond acceptors (Lipinski definition) is 6. The van der Waals surface area contributed by atoms with E-state index in [2.05, 4.69) is 21.6 Å². The number of thiazole rings is 1. The molecule has 0 amide bonds. The van der Waals surface area contributed by atoms with E-state index in [-0.39, 0.29) is 5.71 Å². The van der Waals surface area contributed by atoms with E-state index < -0.39 is 0 Å². The lowest BCUT2D eigenvalue weighted by molar-refractivity contribution is 0.340. The van der Waals surface area contributed by atoms with Gasteiger partial charge in [-0.25, -0.2) is 4.98 Å². The molecule has 0 aliphatic carbocycles. The Morgan fingerprint density at radius 3 is 2.70 bits per heavy atom. The topological polar surface area (TPSA) is 70.3 Å². The van der Waals surface area contributed by atoms with Crippen LogP contribution in [0.25, 0.3) is 11.3 Å². The molecule has 5 nitrogen and oxygen atoms in total. The van der Waals surface area contributed by atoms with E-state index in [0.717, 1.165) is 28.3 Å². The van der Waals surface area contributed by atoms with E-state index in [1.54, 1.807) is 0 Å². The van der Waals surface area contributed by atoms with Crippen LogP contribution in [0.15, 0.2) is 52.9 Å². The Kier molecular flexibility index (Phi) is 5.84. The highest BCUT2D eigenvalue weighted by Crippen LogP contribution is 2.25. The van der Waals surface area contributed by atoms with Crippen molar-refractivity contribution in [2.24, 2.45) is 5.10 Å². The van der Waals surface area contributed by atoms with Crippen molar-refractivity contribution < 1.29 is 4.74 Å². The average Bonchev–Trinajstić information content (AvgIpc) is 3.16. The summed E-state index contributed by atoms with van der Waals surface area (Å²) >= 11 is 1.40. The molecule has 0 aliphatic rings. The first kappa shape index (κ1) is 18.6. The highest BCUT2D eigenvalue weighted by molar-refractivity contribution is 7.12. The summed E-state index contributed by atoms with van der Waals surface area (Å²) in [5, 5.41) is 16.3. The Bertz CT molecular complexity index is 1000. The smallest absolute Gasteiger partial charge is 0.196 e. The molecule has 3 rings (SSSR count). The summed E-state index contributed by atoms with van der Waals surface area (Å²) in [4.78, 5) is 4.56. The first-order valence-electron chi connectivity index (χ1n) is 8.61. The van der Waals surface area contributed by atoms with Crippen molar-refractivity contribution in [1.29, 1.82) is 5.26 Å². The monoisotopic (exact) mass is 376 g/mol. The van der Waals surface area contributed by atoms with Crippen LogP contribution in [0.5, 0.6) is 5.75 Å². The fourth-order valence-corrected chi connectivity index (χ4v) is 3.28. The molecule has 0 saturated carbocycles. The Labute approximate surface area is 163 Å². The molecule has 0 radical (unpaired) electrons. The molecular formula is C21H20N4OS. The van der Waals surface area contributed by atoms with Crippen molar-refractivity contribution in [3.63, 3.8) is 0 Å². The van der Waals surface area contributed by atoms with Gasteiger partial charge in [0.1, 0.15) is 11.8 Å². The third kappa shape index (κ3) is 4.33. The number of anilines is 1. The van der Waals surface area contributed by atoms with Gasteiger partial charge < -0.3 is 4.74 Å². The van der Waals surface area contributed by atoms with Crippen molar-refractivity contribution in [3.8, 4) is 23.1 Å². The van der Waals surface area contributed by atoms with Gasteiger partial charge in [-0.05, 0) is 62.2 Å². The number of benzene rings is 2. The molecule has 136 valence electrons. The average molecular weight is 376 g/mol. The van der Waals surface area contributed by atoms with Crippen molar-refractivity contribution in [2.75, 3.05) is 12.0 Å². The van der Waals surface area contributed by atoms with Gasteiger partial charge in [0, 0.05) is 10.9 Å². The predicted octanol–water partition coefficient (Wildman–Crippen LogP) is 5.17. The number of ether oxygens (including phenoxy) is 1. The van der Waals surface area contributed by atoms with Gasteiger partial charge in [0.05, 0.1) is 18.0 Å². The molecule has 2 aromatic carbocycles. The fraction of sp³-hybridized carbons (Fsp3) is 0.190. The van der Waals surface area contributed by atoms with Gasteiger partial charge in [-0.3, -0.25) is 5.43 Å². The number of nitrogens with one attached hydrogen (secondary N) is 1. The first-order chi connectivity index (χ1) is 13.1. The second-order valence-corrected chi connectivity index (χ2v) is 6.78. The fourth-order valence-electron chi connectivity index (χ4n) is 2.51. The molecule has 3 aromatic rings. The van der Waals surface area contributed by atoms with E-state index in [4.69, 9.17) is 4.74 Å². The highest BCUT2D eigenvalue weighted by atomic mass is 32.1. The highest BCUT2D eigenvalue weighted by Gasteiger charge is 2.11. The van der Waals surface area contributed by atoms with Crippen LogP contribution in [-0.2, 0) is 0 Å². The van der Waals surface area contributed by atoms with Crippen LogP contribution in [0.4, 0.5) is 5.69 Å². The second kappa shape index (κ2) is 8.47. The number of aryl methyl sites for hydroxylation is 1. The predicted molar refractivity (Wildman–Crippen MR) is 110 cm³/mol. The third-order valence-corrected chi connectivity index (χ3v) is 5.02. The lowest BCUT2D eigenvalue weighted by Crippen LogP contribution is -2.02. The Morgan fingerprint density at radius 2 is 2.00 bits per heavy atom. The summed E-state index contributed by atoms with van der Waals surface area (Å²) in [5.41, 5.74) is 8.19. The van der Waals surface area contributed by atoms with Gasteiger partial charge in [-0.1, -0.05) is 12.1 Å². The number of hydrazone groups is 1. The second-order valence-electron chi connectivity index (χ2n) is 5.93. The maximum absolute atomic E-state index is 9.49. The maximum Gasteiger partial charge on any atom is 0.196 e. The minimum absolute atomic E-state index is 0.262. The molecule has 0 atom stereocenters. The summed E-state index contributed by atoms with van der Waals surface area (Å²) in [7, 11) is 0. The summed E-state index contributed by atoms with van der Waals surface area (Å²) in [6.45, 7) is 6.65. The van der Waals surface area contributed by atoms with Crippen LogP contribution < -0.4 is 10.2 Å². The van der Waals surface area contributed by atoms with Crippen LogP contribution in [0.3, 0.4) is 0 Å². The molecule has 0 unspecified atom stereocenters. The summed E-state index contributed by atoms with van der Waals surface area (Å²) in [6.07, 6.45) is 0. The zero-order valence-corrected chi connectivity index (χ0v) is 16.3. The van der Waals surface area contributed by atoms with Crippen LogP contribution in [-0.4, -0.2) is 17.3 Å². The molecule has 1 aromatic heterocycles. The van der Waals surface area contributed by atoms with Gasteiger partial charge in [0.2, 0.25) is 0 Å². The van der Waals surface area contributed by atoms with Crippen molar-refractivity contribution >= 4 is 22.7 Å². The SMILES string of the molecule is CCOc1ccc(-c2csc(/C(C#N)=N/Nc3cccc(C)c3C)n2)cc1. The molecule has 1 heterocycles. The standard InChI is InChI=1S/C21H20N4OS/c1-4-26-17-10-8-16(9-11-17)20-13-27-21(23-20)19(12-22)25-24-18-7-5-6-14(2)15(18)3/h5-11,13,24H,4H2,1-3H3/b25-19+. The lowest BCUT2D eigenvalue weighted by Gasteiger charge is -2.07. The molecule has 0 fully saturated rings. The Balaban J connectivity index is 1.81. The van der Waals surface area contributed by atoms with Gasteiger partial charge in [-0.15, -0.1) is 11.3 Å². The van der Waals surface area contributed by atoms with E-state index in [1.165, 1.54) is 16.9 Å². The molecule has 0 bridgehead atoms. The number of aromatic nitrogens is 1. The number of hydrogen-bond donors (Lipinski definition) is 1. The number of nitrogens with zero attached hydrogens (tertiary/aromatic N) is 3. The zero-order valence-electron chi connectivity index (χ0n) is 15.5.